The molecule has 4 heteroatoms. The fourth-order valence-corrected chi connectivity index (χ4v) is 1.78. The van der Waals surface area contributed by atoms with E-state index in [9.17, 15) is 9.50 Å². The van der Waals surface area contributed by atoms with Crippen molar-refractivity contribution in [1.29, 1.82) is 0 Å². The molecule has 1 rings (SSSR count). The molecule has 96 valence electrons. The molecule has 0 amide bonds. The van der Waals surface area contributed by atoms with Crippen molar-refractivity contribution in [3.05, 3.63) is 29.6 Å². The van der Waals surface area contributed by atoms with Gasteiger partial charge in [-0.1, -0.05) is 26.8 Å². The van der Waals surface area contributed by atoms with E-state index in [1.165, 1.54) is 19.2 Å². The topological polar surface area (TPSA) is 55.5 Å². The zero-order chi connectivity index (χ0) is 13.3. The first kappa shape index (κ1) is 13.9. The van der Waals surface area contributed by atoms with Crippen molar-refractivity contribution in [2.24, 2.45) is 11.1 Å². The first-order chi connectivity index (χ1) is 7.76. The minimum atomic E-state index is -1.26. The average molecular weight is 241 g/mol. The van der Waals surface area contributed by atoms with Crippen molar-refractivity contribution in [3.8, 4) is 5.75 Å². The molecule has 0 saturated heterocycles. The van der Waals surface area contributed by atoms with Gasteiger partial charge in [0.2, 0.25) is 0 Å². The van der Waals surface area contributed by atoms with E-state index in [1.54, 1.807) is 6.07 Å². The second kappa shape index (κ2) is 4.63. The van der Waals surface area contributed by atoms with E-state index in [4.69, 9.17) is 10.5 Å². The normalized spacial score (nSPS) is 15.5. The predicted octanol–water partition coefficient (Wildman–Crippen LogP) is 2.03. The molecule has 0 heterocycles. The third-order valence-electron chi connectivity index (χ3n) is 3.17. The lowest BCUT2D eigenvalue weighted by Crippen LogP contribution is -2.46. The van der Waals surface area contributed by atoms with Crippen LogP contribution in [-0.2, 0) is 5.60 Å². The van der Waals surface area contributed by atoms with Crippen molar-refractivity contribution in [2.75, 3.05) is 13.7 Å². The van der Waals surface area contributed by atoms with Gasteiger partial charge in [0.25, 0.3) is 0 Å². The third kappa shape index (κ3) is 2.42. The van der Waals surface area contributed by atoms with Gasteiger partial charge in [0.1, 0.15) is 5.60 Å². The SMILES string of the molecule is COc1ccc(C(O)(CN)C(C)(C)C)cc1F. The Morgan fingerprint density at radius 2 is 1.94 bits per heavy atom. The van der Waals surface area contributed by atoms with Gasteiger partial charge in [-0.2, -0.15) is 0 Å². The Kier molecular flexibility index (Phi) is 3.79. The highest BCUT2D eigenvalue weighted by Crippen LogP contribution is 2.39. The van der Waals surface area contributed by atoms with Gasteiger partial charge in [-0.25, -0.2) is 4.39 Å². The summed E-state index contributed by atoms with van der Waals surface area (Å²) in [5, 5.41) is 10.6. The smallest absolute Gasteiger partial charge is 0.165 e. The quantitative estimate of drug-likeness (QED) is 0.851. The molecule has 1 aromatic carbocycles. The lowest BCUT2D eigenvalue weighted by molar-refractivity contribution is -0.0559. The molecule has 0 bridgehead atoms. The van der Waals surface area contributed by atoms with Crippen LogP contribution < -0.4 is 10.5 Å². The van der Waals surface area contributed by atoms with Gasteiger partial charge in [0, 0.05) is 6.54 Å². The maximum Gasteiger partial charge on any atom is 0.165 e. The predicted molar refractivity (Wildman–Crippen MR) is 65.4 cm³/mol. The molecule has 1 unspecified atom stereocenters. The summed E-state index contributed by atoms with van der Waals surface area (Å²) in [5.41, 5.74) is 4.36. The number of ether oxygens (including phenoxy) is 1. The van der Waals surface area contributed by atoms with Crippen molar-refractivity contribution in [2.45, 2.75) is 26.4 Å². The van der Waals surface area contributed by atoms with E-state index < -0.39 is 16.8 Å². The minimum Gasteiger partial charge on any atom is -0.494 e. The highest BCUT2D eigenvalue weighted by atomic mass is 19.1. The second-order valence-corrected chi connectivity index (χ2v) is 5.16. The van der Waals surface area contributed by atoms with Crippen LogP contribution in [0.15, 0.2) is 18.2 Å². The maximum atomic E-state index is 13.6. The average Bonchev–Trinajstić information content (AvgIpc) is 2.26. The fourth-order valence-electron chi connectivity index (χ4n) is 1.78. The maximum absolute atomic E-state index is 13.6. The lowest BCUT2D eigenvalue weighted by atomic mass is 9.72. The van der Waals surface area contributed by atoms with Gasteiger partial charge in [-0.15, -0.1) is 0 Å². The van der Waals surface area contributed by atoms with Crippen LogP contribution in [0.4, 0.5) is 4.39 Å². The van der Waals surface area contributed by atoms with Crippen LogP contribution in [0.3, 0.4) is 0 Å². The van der Waals surface area contributed by atoms with Gasteiger partial charge in [0.15, 0.2) is 11.6 Å². The summed E-state index contributed by atoms with van der Waals surface area (Å²) in [6, 6.07) is 4.41. The Morgan fingerprint density at radius 1 is 1.35 bits per heavy atom. The largest absolute Gasteiger partial charge is 0.494 e. The first-order valence-corrected chi connectivity index (χ1v) is 5.52. The van der Waals surface area contributed by atoms with Crippen LogP contribution in [-0.4, -0.2) is 18.8 Å². The number of benzene rings is 1. The first-order valence-electron chi connectivity index (χ1n) is 5.52. The molecular weight excluding hydrogens is 221 g/mol. The molecule has 0 saturated carbocycles. The molecule has 0 aromatic heterocycles. The van der Waals surface area contributed by atoms with Crippen LogP contribution in [0.2, 0.25) is 0 Å². The summed E-state index contributed by atoms with van der Waals surface area (Å²) < 4.78 is 18.5. The number of nitrogens with two attached hydrogens (primary N) is 1. The zero-order valence-electron chi connectivity index (χ0n) is 10.7. The summed E-state index contributed by atoms with van der Waals surface area (Å²) in [4.78, 5) is 0. The third-order valence-corrected chi connectivity index (χ3v) is 3.17. The highest BCUT2D eigenvalue weighted by molar-refractivity contribution is 5.33. The molecule has 1 aromatic rings. The Bertz CT molecular complexity index is 401. The Morgan fingerprint density at radius 3 is 2.29 bits per heavy atom. The zero-order valence-corrected chi connectivity index (χ0v) is 10.7. The van der Waals surface area contributed by atoms with Crippen molar-refractivity contribution < 1.29 is 14.2 Å². The number of halogens is 1. The Labute approximate surface area is 101 Å². The number of methoxy groups -OCH3 is 1. The monoisotopic (exact) mass is 241 g/mol. The standard InChI is InChI=1S/C13H20FNO2/c1-12(2,3)13(16,8-15)9-5-6-11(17-4)10(14)7-9/h5-7,16H,8,15H2,1-4H3. The van der Waals surface area contributed by atoms with Crippen LogP contribution in [0.1, 0.15) is 26.3 Å². The van der Waals surface area contributed by atoms with E-state index >= 15 is 0 Å². The molecule has 1 atom stereocenters. The molecular formula is C13H20FNO2. The summed E-state index contributed by atoms with van der Waals surface area (Å²) in [6.45, 7) is 5.62. The van der Waals surface area contributed by atoms with Crippen LogP contribution >= 0.6 is 0 Å². The van der Waals surface area contributed by atoms with Crippen molar-refractivity contribution in [3.63, 3.8) is 0 Å². The molecule has 3 N–H and O–H groups in total. The van der Waals surface area contributed by atoms with Gasteiger partial charge >= 0.3 is 0 Å². The lowest BCUT2D eigenvalue weighted by Gasteiger charge is -2.40. The summed E-state index contributed by atoms with van der Waals surface area (Å²) in [6.07, 6.45) is 0. The number of aliphatic hydroxyl groups is 1. The Hall–Kier alpha value is -1.13. The van der Waals surface area contributed by atoms with Gasteiger partial charge < -0.3 is 15.6 Å². The van der Waals surface area contributed by atoms with Crippen molar-refractivity contribution in [1.82, 2.24) is 0 Å². The van der Waals surface area contributed by atoms with Crippen LogP contribution in [0.25, 0.3) is 0 Å². The molecule has 0 aliphatic rings. The van der Waals surface area contributed by atoms with E-state index in [2.05, 4.69) is 0 Å². The van der Waals surface area contributed by atoms with E-state index in [-0.39, 0.29) is 12.3 Å². The van der Waals surface area contributed by atoms with E-state index in [0.29, 0.717) is 5.56 Å². The van der Waals surface area contributed by atoms with Crippen LogP contribution in [0, 0.1) is 11.2 Å². The molecule has 3 nitrogen and oxygen atoms in total. The van der Waals surface area contributed by atoms with E-state index in [1.807, 2.05) is 20.8 Å². The second-order valence-electron chi connectivity index (χ2n) is 5.16. The number of hydrogen-bond donors (Lipinski definition) is 2. The molecule has 0 fully saturated rings. The summed E-state index contributed by atoms with van der Waals surface area (Å²) in [7, 11) is 1.40. The van der Waals surface area contributed by atoms with Gasteiger partial charge in [-0.3, -0.25) is 0 Å². The molecule has 0 aliphatic heterocycles. The van der Waals surface area contributed by atoms with Gasteiger partial charge in [0.05, 0.1) is 7.11 Å². The van der Waals surface area contributed by atoms with Crippen molar-refractivity contribution >= 4 is 0 Å². The number of hydrogen-bond acceptors (Lipinski definition) is 3. The fraction of sp³-hybridized carbons (Fsp3) is 0.538. The molecule has 0 aliphatic carbocycles. The molecule has 0 spiro atoms. The molecule has 17 heavy (non-hydrogen) atoms. The number of rotatable bonds is 3. The van der Waals surface area contributed by atoms with Crippen LogP contribution in [0.5, 0.6) is 5.75 Å². The molecule has 0 radical (unpaired) electrons. The van der Waals surface area contributed by atoms with E-state index in [0.717, 1.165) is 0 Å². The minimum absolute atomic E-state index is 0.0300. The summed E-state index contributed by atoms with van der Waals surface area (Å²) in [5.74, 6) is -0.344. The highest BCUT2D eigenvalue weighted by Gasteiger charge is 2.40. The van der Waals surface area contributed by atoms with Gasteiger partial charge in [-0.05, 0) is 23.1 Å². The Balaban J connectivity index is 3.27. The summed E-state index contributed by atoms with van der Waals surface area (Å²) >= 11 is 0.